The lowest BCUT2D eigenvalue weighted by molar-refractivity contribution is -0.106. The fourth-order valence-corrected chi connectivity index (χ4v) is 1.62. The van der Waals surface area contributed by atoms with Crippen LogP contribution in [0.15, 0.2) is 23.3 Å². The molecule has 0 spiro atoms. The Balaban J connectivity index is 3.17. The molecule has 12 heavy (non-hydrogen) atoms. The highest BCUT2D eigenvalue weighted by Crippen LogP contribution is 2.39. The summed E-state index contributed by atoms with van der Waals surface area (Å²) in [4.78, 5) is 10.8. The van der Waals surface area contributed by atoms with Gasteiger partial charge in [0, 0.05) is 5.57 Å². The number of hydrogen-bond donors (Lipinski definition) is 0. The second-order valence-electron chi connectivity index (χ2n) is 4.08. The van der Waals surface area contributed by atoms with E-state index in [1.807, 2.05) is 13.0 Å². The molecule has 1 atom stereocenters. The summed E-state index contributed by atoms with van der Waals surface area (Å²) < 4.78 is 0. The van der Waals surface area contributed by atoms with Gasteiger partial charge in [-0.25, -0.2) is 0 Å². The molecule has 0 amide bonds. The van der Waals surface area contributed by atoms with Gasteiger partial charge in [-0.15, -0.1) is 0 Å². The average molecular weight is 164 g/mol. The lowest BCUT2D eigenvalue weighted by Gasteiger charge is -2.34. The van der Waals surface area contributed by atoms with Crippen molar-refractivity contribution in [1.29, 1.82) is 0 Å². The highest BCUT2D eigenvalue weighted by molar-refractivity contribution is 5.78. The molecule has 0 aromatic carbocycles. The smallest absolute Gasteiger partial charge is 0.146 e. The quantitative estimate of drug-likeness (QED) is 0.544. The largest absolute Gasteiger partial charge is 0.298 e. The van der Waals surface area contributed by atoms with Crippen molar-refractivity contribution in [2.24, 2.45) is 11.3 Å². The van der Waals surface area contributed by atoms with Crippen molar-refractivity contribution in [2.75, 3.05) is 0 Å². The number of carbonyl (C=O) groups is 1. The van der Waals surface area contributed by atoms with Gasteiger partial charge in [0.05, 0.1) is 0 Å². The Labute approximate surface area is 74.2 Å². The van der Waals surface area contributed by atoms with Crippen LogP contribution in [0.25, 0.3) is 0 Å². The second kappa shape index (κ2) is 2.89. The van der Waals surface area contributed by atoms with E-state index in [0.717, 1.165) is 17.4 Å². The minimum atomic E-state index is 0.000579. The Morgan fingerprint density at radius 2 is 2.08 bits per heavy atom. The normalized spacial score (nSPS) is 27.5. The van der Waals surface area contributed by atoms with Crippen LogP contribution in [0.5, 0.6) is 0 Å². The van der Waals surface area contributed by atoms with Crippen molar-refractivity contribution < 1.29 is 4.79 Å². The van der Waals surface area contributed by atoms with Gasteiger partial charge in [0.15, 0.2) is 0 Å². The first kappa shape index (κ1) is 9.24. The molecule has 0 N–H and O–H groups in total. The molecule has 1 heteroatoms. The third kappa shape index (κ3) is 1.24. The Morgan fingerprint density at radius 3 is 2.50 bits per heavy atom. The van der Waals surface area contributed by atoms with Gasteiger partial charge in [-0.3, -0.25) is 4.79 Å². The first-order chi connectivity index (χ1) is 5.50. The maximum Gasteiger partial charge on any atom is 0.146 e. The summed E-state index contributed by atoms with van der Waals surface area (Å²) in [5.74, 6) is 0.446. The molecule has 0 aromatic rings. The zero-order chi connectivity index (χ0) is 9.35. The molecule has 0 saturated carbocycles. The summed E-state index contributed by atoms with van der Waals surface area (Å²) in [5, 5.41) is 0. The van der Waals surface area contributed by atoms with E-state index < -0.39 is 0 Å². The van der Waals surface area contributed by atoms with Crippen LogP contribution in [0.1, 0.15) is 27.7 Å². The van der Waals surface area contributed by atoms with Crippen LogP contribution in [0.3, 0.4) is 0 Å². The Bertz CT molecular complexity index is 256. The predicted octanol–water partition coefficient (Wildman–Crippen LogP) is 2.73. The van der Waals surface area contributed by atoms with Gasteiger partial charge in [-0.1, -0.05) is 32.9 Å². The van der Waals surface area contributed by atoms with E-state index >= 15 is 0 Å². The molecule has 1 unspecified atom stereocenters. The van der Waals surface area contributed by atoms with Crippen LogP contribution in [0, 0.1) is 11.3 Å². The van der Waals surface area contributed by atoms with Crippen molar-refractivity contribution in [3.05, 3.63) is 23.3 Å². The molecule has 0 fully saturated rings. The monoisotopic (exact) mass is 164 g/mol. The molecule has 1 rings (SSSR count). The van der Waals surface area contributed by atoms with E-state index in [0.29, 0.717) is 5.92 Å². The van der Waals surface area contributed by atoms with Gasteiger partial charge in [0.25, 0.3) is 0 Å². The van der Waals surface area contributed by atoms with E-state index in [1.54, 1.807) is 0 Å². The van der Waals surface area contributed by atoms with Crippen molar-refractivity contribution in [1.82, 2.24) is 0 Å². The fourth-order valence-electron chi connectivity index (χ4n) is 1.62. The molecule has 1 nitrogen and oxygen atoms in total. The standard InChI is InChI=1S/C11H16O/c1-8-5-6-9(2)11(3,4)10(8)7-12/h5-7,9H,1-4H3. The molecule has 0 aromatic heterocycles. The molecule has 0 heterocycles. The van der Waals surface area contributed by atoms with Gasteiger partial charge >= 0.3 is 0 Å². The minimum Gasteiger partial charge on any atom is -0.298 e. The molecule has 66 valence electrons. The third-order valence-corrected chi connectivity index (χ3v) is 3.01. The Kier molecular flexibility index (Phi) is 2.22. The van der Waals surface area contributed by atoms with E-state index in [4.69, 9.17) is 0 Å². The highest BCUT2D eigenvalue weighted by Gasteiger charge is 2.31. The van der Waals surface area contributed by atoms with Crippen LogP contribution in [0.2, 0.25) is 0 Å². The predicted molar refractivity (Wildman–Crippen MR) is 50.8 cm³/mol. The first-order valence-electron chi connectivity index (χ1n) is 4.35. The highest BCUT2D eigenvalue weighted by atomic mass is 16.1. The number of rotatable bonds is 1. The first-order valence-corrected chi connectivity index (χ1v) is 4.35. The van der Waals surface area contributed by atoms with E-state index in [1.165, 1.54) is 0 Å². The van der Waals surface area contributed by atoms with Gasteiger partial charge in [0.1, 0.15) is 6.29 Å². The van der Waals surface area contributed by atoms with E-state index in [-0.39, 0.29) is 5.41 Å². The number of carbonyl (C=O) groups excluding carboxylic acids is 1. The summed E-state index contributed by atoms with van der Waals surface area (Å²) in [6.07, 6.45) is 5.21. The maximum absolute atomic E-state index is 10.8. The SMILES string of the molecule is CC1=C(C=O)C(C)(C)C(C)C=C1. The van der Waals surface area contributed by atoms with Gasteiger partial charge in [0.2, 0.25) is 0 Å². The summed E-state index contributed by atoms with van der Waals surface area (Å²) in [6, 6.07) is 0. The molecule has 1 aliphatic rings. The van der Waals surface area contributed by atoms with Crippen LogP contribution in [-0.4, -0.2) is 6.29 Å². The maximum atomic E-state index is 10.8. The zero-order valence-corrected chi connectivity index (χ0v) is 8.22. The molecular formula is C11H16O. The summed E-state index contributed by atoms with van der Waals surface area (Å²) >= 11 is 0. The van der Waals surface area contributed by atoms with Crippen molar-refractivity contribution in [3.8, 4) is 0 Å². The number of allylic oxidation sites excluding steroid dienone is 4. The average Bonchev–Trinajstić information content (AvgIpc) is 1.98. The van der Waals surface area contributed by atoms with Gasteiger partial charge in [-0.2, -0.15) is 0 Å². The molecule has 0 bridgehead atoms. The van der Waals surface area contributed by atoms with Crippen LogP contribution in [-0.2, 0) is 4.79 Å². The third-order valence-electron chi connectivity index (χ3n) is 3.01. The zero-order valence-electron chi connectivity index (χ0n) is 8.22. The molecule has 0 aliphatic heterocycles. The molecular weight excluding hydrogens is 148 g/mol. The van der Waals surface area contributed by atoms with Gasteiger partial charge in [-0.05, 0) is 23.8 Å². The van der Waals surface area contributed by atoms with Crippen molar-refractivity contribution in [3.63, 3.8) is 0 Å². The molecule has 1 aliphatic carbocycles. The van der Waals surface area contributed by atoms with Crippen LogP contribution >= 0.6 is 0 Å². The molecule has 0 saturated heterocycles. The molecule has 0 radical (unpaired) electrons. The van der Waals surface area contributed by atoms with Crippen molar-refractivity contribution in [2.45, 2.75) is 27.7 Å². The lowest BCUT2D eigenvalue weighted by atomic mass is 9.70. The second-order valence-corrected chi connectivity index (χ2v) is 4.08. The summed E-state index contributed by atoms with van der Waals surface area (Å²) in [5.41, 5.74) is 2.05. The number of aldehydes is 1. The van der Waals surface area contributed by atoms with Crippen LogP contribution < -0.4 is 0 Å². The Hall–Kier alpha value is -0.850. The topological polar surface area (TPSA) is 17.1 Å². The van der Waals surface area contributed by atoms with E-state index in [2.05, 4.69) is 26.8 Å². The fraction of sp³-hybridized carbons (Fsp3) is 0.545. The lowest BCUT2D eigenvalue weighted by Crippen LogP contribution is -2.26. The summed E-state index contributed by atoms with van der Waals surface area (Å²) in [6.45, 7) is 8.38. The van der Waals surface area contributed by atoms with Crippen molar-refractivity contribution >= 4 is 6.29 Å². The Morgan fingerprint density at radius 1 is 1.50 bits per heavy atom. The summed E-state index contributed by atoms with van der Waals surface area (Å²) in [7, 11) is 0. The minimum absolute atomic E-state index is 0.000579. The van der Waals surface area contributed by atoms with Gasteiger partial charge < -0.3 is 0 Å². The number of hydrogen-bond acceptors (Lipinski definition) is 1. The van der Waals surface area contributed by atoms with Crippen LogP contribution in [0.4, 0.5) is 0 Å². The van der Waals surface area contributed by atoms with E-state index in [9.17, 15) is 4.79 Å².